The largest absolute Gasteiger partial charge is 0.478 e. The van der Waals surface area contributed by atoms with E-state index in [4.69, 9.17) is 10.2 Å². The van der Waals surface area contributed by atoms with Crippen molar-refractivity contribution in [3.05, 3.63) is 41.5 Å². The molecule has 1 aromatic rings. The highest BCUT2D eigenvalue weighted by atomic mass is 16.4. The van der Waals surface area contributed by atoms with Gasteiger partial charge in [0.2, 0.25) is 5.91 Å². The minimum Gasteiger partial charge on any atom is -0.478 e. The molecule has 0 aromatic heterocycles. The molecule has 0 atom stereocenters. The van der Waals surface area contributed by atoms with Crippen molar-refractivity contribution < 1.29 is 24.6 Å². The molecule has 0 aliphatic carbocycles. The SMILES string of the molecule is C=CC(=O)Nc1c(C(=O)O)cc(C)cc1C(=O)O. The molecule has 1 amide bonds. The normalized spacial score (nSPS) is 9.61. The predicted octanol–water partition coefficient (Wildman–Crippen LogP) is 1.52. The van der Waals surface area contributed by atoms with E-state index in [0.29, 0.717) is 5.56 Å². The molecule has 0 bridgehead atoms. The summed E-state index contributed by atoms with van der Waals surface area (Å²) in [5.74, 6) is -3.31. The molecular formula is C12H11NO5. The van der Waals surface area contributed by atoms with E-state index in [-0.39, 0.29) is 16.8 Å². The Hall–Kier alpha value is -2.63. The Morgan fingerprint density at radius 3 is 1.94 bits per heavy atom. The van der Waals surface area contributed by atoms with E-state index in [2.05, 4.69) is 11.9 Å². The summed E-state index contributed by atoms with van der Waals surface area (Å²) in [5, 5.41) is 20.2. The predicted molar refractivity (Wildman–Crippen MR) is 63.9 cm³/mol. The number of anilines is 1. The average molecular weight is 249 g/mol. The Morgan fingerprint density at radius 1 is 1.17 bits per heavy atom. The minimum absolute atomic E-state index is 0.245. The number of nitrogens with one attached hydrogen (secondary N) is 1. The van der Waals surface area contributed by atoms with E-state index in [9.17, 15) is 14.4 Å². The van der Waals surface area contributed by atoms with Crippen molar-refractivity contribution in [2.24, 2.45) is 0 Å². The van der Waals surface area contributed by atoms with Crippen LogP contribution >= 0.6 is 0 Å². The summed E-state index contributed by atoms with van der Waals surface area (Å²) in [6, 6.07) is 2.57. The van der Waals surface area contributed by atoms with Crippen LogP contribution in [-0.2, 0) is 4.79 Å². The van der Waals surface area contributed by atoms with E-state index in [1.807, 2.05) is 0 Å². The average Bonchev–Trinajstić information content (AvgIpc) is 2.29. The summed E-state index contributed by atoms with van der Waals surface area (Å²) in [4.78, 5) is 33.3. The standard InChI is InChI=1S/C12H11NO5/c1-3-9(14)13-10-7(11(15)16)4-6(2)5-8(10)12(17)18/h3-5H,1H2,2H3,(H,13,14)(H,15,16)(H,17,18). The van der Waals surface area contributed by atoms with E-state index >= 15 is 0 Å². The summed E-state index contributed by atoms with van der Waals surface area (Å²) in [7, 11) is 0. The van der Waals surface area contributed by atoms with Gasteiger partial charge >= 0.3 is 11.9 Å². The molecule has 0 fully saturated rings. The summed E-state index contributed by atoms with van der Waals surface area (Å²) in [5.41, 5.74) is -0.322. The molecule has 6 nitrogen and oxygen atoms in total. The van der Waals surface area contributed by atoms with Crippen molar-refractivity contribution in [2.75, 3.05) is 5.32 Å². The molecule has 3 N–H and O–H groups in total. The van der Waals surface area contributed by atoms with E-state index < -0.39 is 17.8 Å². The maximum atomic E-state index is 11.2. The monoisotopic (exact) mass is 249 g/mol. The molecule has 1 rings (SSSR count). The van der Waals surface area contributed by atoms with Crippen LogP contribution < -0.4 is 5.32 Å². The zero-order valence-corrected chi connectivity index (χ0v) is 9.56. The maximum Gasteiger partial charge on any atom is 0.337 e. The molecule has 0 spiro atoms. The lowest BCUT2D eigenvalue weighted by atomic mass is 10.0. The molecule has 0 aliphatic heterocycles. The van der Waals surface area contributed by atoms with Crippen molar-refractivity contribution >= 4 is 23.5 Å². The van der Waals surface area contributed by atoms with Gasteiger partial charge in [-0.1, -0.05) is 6.58 Å². The summed E-state index contributed by atoms with van der Waals surface area (Å²) < 4.78 is 0. The van der Waals surface area contributed by atoms with E-state index in [1.54, 1.807) is 6.92 Å². The maximum absolute atomic E-state index is 11.2. The van der Waals surface area contributed by atoms with Crippen LogP contribution in [-0.4, -0.2) is 28.1 Å². The highest BCUT2D eigenvalue weighted by molar-refractivity contribution is 6.10. The number of carbonyl (C=O) groups excluding carboxylic acids is 1. The van der Waals surface area contributed by atoms with Crippen LogP contribution in [0, 0.1) is 6.92 Å². The van der Waals surface area contributed by atoms with Crippen LogP contribution in [0.25, 0.3) is 0 Å². The smallest absolute Gasteiger partial charge is 0.337 e. The third-order valence-electron chi connectivity index (χ3n) is 2.18. The lowest BCUT2D eigenvalue weighted by Gasteiger charge is -2.11. The van der Waals surface area contributed by atoms with Gasteiger partial charge in [0.05, 0.1) is 16.8 Å². The zero-order valence-electron chi connectivity index (χ0n) is 9.56. The van der Waals surface area contributed by atoms with Crippen molar-refractivity contribution in [3.8, 4) is 0 Å². The fraction of sp³-hybridized carbons (Fsp3) is 0.0833. The highest BCUT2D eigenvalue weighted by Gasteiger charge is 2.20. The van der Waals surface area contributed by atoms with Gasteiger partial charge in [-0.25, -0.2) is 9.59 Å². The van der Waals surface area contributed by atoms with Gasteiger partial charge in [0.1, 0.15) is 0 Å². The molecule has 0 aliphatic rings. The molecule has 0 heterocycles. The second-order valence-electron chi connectivity index (χ2n) is 3.54. The summed E-state index contributed by atoms with van der Waals surface area (Å²) in [6.07, 6.45) is 0.928. The van der Waals surface area contributed by atoms with Crippen LogP contribution in [0.2, 0.25) is 0 Å². The first-order valence-corrected chi connectivity index (χ1v) is 4.91. The lowest BCUT2D eigenvalue weighted by molar-refractivity contribution is -0.111. The number of aryl methyl sites for hydroxylation is 1. The molecular weight excluding hydrogens is 238 g/mol. The minimum atomic E-state index is -1.32. The second kappa shape index (κ2) is 5.13. The molecule has 0 saturated heterocycles. The summed E-state index contributed by atoms with van der Waals surface area (Å²) in [6.45, 7) is 4.78. The number of amides is 1. The van der Waals surface area contributed by atoms with Crippen molar-refractivity contribution in [2.45, 2.75) is 6.92 Å². The Bertz CT molecular complexity index is 512. The van der Waals surface area contributed by atoms with Crippen molar-refractivity contribution in [1.29, 1.82) is 0 Å². The Balaban J connectivity index is 3.50. The molecule has 0 radical (unpaired) electrons. The number of aromatic carboxylic acids is 2. The molecule has 6 heteroatoms. The van der Waals surface area contributed by atoms with Crippen LogP contribution in [0.1, 0.15) is 26.3 Å². The number of benzene rings is 1. The topological polar surface area (TPSA) is 104 Å². The van der Waals surface area contributed by atoms with Crippen LogP contribution in [0.15, 0.2) is 24.8 Å². The molecule has 0 unspecified atom stereocenters. The number of rotatable bonds is 4. The second-order valence-corrected chi connectivity index (χ2v) is 3.54. The Morgan fingerprint density at radius 2 is 1.61 bits per heavy atom. The number of carboxylic acid groups (broad SMARTS) is 2. The number of hydrogen-bond donors (Lipinski definition) is 3. The van der Waals surface area contributed by atoms with Crippen molar-refractivity contribution in [3.63, 3.8) is 0 Å². The van der Waals surface area contributed by atoms with Crippen LogP contribution in [0.3, 0.4) is 0 Å². The fourth-order valence-corrected chi connectivity index (χ4v) is 1.43. The quantitative estimate of drug-likeness (QED) is 0.702. The van der Waals surface area contributed by atoms with Gasteiger partial charge < -0.3 is 15.5 Å². The lowest BCUT2D eigenvalue weighted by Crippen LogP contribution is -2.16. The third kappa shape index (κ3) is 2.73. The fourth-order valence-electron chi connectivity index (χ4n) is 1.43. The molecule has 1 aromatic carbocycles. The van der Waals surface area contributed by atoms with Gasteiger partial charge in [0, 0.05) is 0 Å². The molecule has 94 valence electrons. The first-order chi connectivity index (χ1) is 8.36. The first-order valence-electron chi connectivity index (χ1n) is 4.91. The van der Waals surface area contributed by atoms with E-state index in [0.717, 1.165) is 6.08 Å². The van der Waals surface area contributed by atoms with Gasteiger partial charge in [0.25, 0.3) is 0 Å². The highest BCUT2D eigenvalue weighted by Crippen LogP contribution is 2.24. The first kappa shape index (κ1) is 13.4. The van der Waals surface area contributed by atoms with Crippen LogP contribution in [0.5, 0.6) is 0 Å². The number of hydrogen-bond acceptors (Lipinski definition) is 3. The Kier molecular flexibility index (Phi) is 3.83. The molecule has 18 heavy (non-hydrogen) atoms. The summed E-state index contributed by atoms with van der Waals surface area (Å²) >= 11 is 0. The third-order valence-corrected chi connectivity index (χ3v) is 2.18. The van der Waals surface area contributed by atoms with Gasteiger partial charge in [-0.15, -0.1) is 0 Å². The number of carbonyl (C=O) groups is 3. The molecule has 0 saturated carbocycles. The Labute approximate surface area is 103 Å². The van der Waals surface area contributed by atoms with Gasteiger partial charge in [-0.05, 0) is 30.7 Å². The zero-order chi connectivity index (χ0) is 13.9. The van der Waals surface area contributed by atoms with Gasteiger partial charge in [0.15, 0.2) is 0 Å². The van der Waals surface area contributed by atoms with Gasteiger partial charge in [-0.2, -0.15) is 0 Å². The van der Waals surface area contributed by atoms with E-state index in [1.165, 1.54) is 12.1 Å². The van der Waals surface area contributed by atoms with Gasteiger partial charge in [-0.3, -0.25) is 4.79 Å². The van der Waals surface area contributed by atoms with Crippen LogP contribution in [0.4, 0.5) is 5.69 Å². The van der Waals surface area contributed by atoms with Crippen molar-refractivity contribution in [1.82, 2.24) is 0 Å². The number of carboxylic acids is 2.